The van der Waals surface area contributed by atoms with Crippen molar-refractivity contribution < 1.29 is 23.7 Å². The highest BCUT2D eigenvalue weighted by molar-refractivity contribution is 5.75. The molecule has 1 aliphatic rings. The van der Waals surface area contributed by atoms with Crippen LogP contribution in [-0.2, 0) is 14.3 Å². The van der Waals surface area contributed by atoms with Gasteiger partial charge in [-0.3, -0.25) is 0 Å². The SMILES string of the molecule is CC(Oc1ccccc1Oc1cnc2ccccc2n1)C(=O)OCC1CO1. The van der Waals surface area contributed by atoms with E-state index in [-0.39, 0.29) is 12.7 Å². The lowest BCUT2D eigenvalue weighted by molar-refractivity contribution is -0.151. The quantitative estimate of drug-likeness (QED) is 0.469. The largest absolute Gasteiger partial charge is 0.475 e. The number of ether oxygens (including phenoxy) is 4. The Morgan fingerprint density at radius 3 is 2.63 bits per heavy atom. The van der Waals surface area contributed by atoms with Gasteiger partial charge in [-0.05, 0) is 31.2 Å². The number of fused-ring (bicyclic) bond motifs is 1. The lowest BCUT2D eigenvalue weighted by Gasteiger charge is -2.16. The predicted octanol–water partition coefficient (Wildman–Crippen LogP) is 3.13. The first kappa shape index (κ1) is 17.2. The molecule has 1 aromatic heterocycles. The number of epoxide rings is 1. The number of esters is 1. The van der Waals surface area contributed by atoms with Gasteiger partial charge < -0.3 is 18.9 Å². The van der Waals surface area contributed by atoms with E-state index >= 15 is 0 Å². The van der Waals surface area contributed by atoms with Gasteiger partial charge in [0.2, 0.25) is 5.88 Å². The van der Waals surface area contributed by atoms with Crippen LogP contribution in [0, 0.1) is 0 Å². The molecule has 2 aromatic carbocycles. The second-order valence-electron chi connectivity index (χ2n) is 6.09. The van der Waals surface area contributed by atoms with Crippen LogP contribution in [0.1, 0.15) is 6.92 Å². The van der Waals surface area contributed by atoms with E-state index in [2.05, 4.69) is 9.97 Å². The van der Waals surface area contributed by atoms with Crippen LogP contribution in [0.2, 0.25) is 0 Å². The van der Waals surface area contributed by atoms with Crippen LogP contribution in [-0.4, -0.2) is 41.4 Å². The van der Waals surface area contributed by atoms with Gasteiger partial charge in [-0.25, -0.2) is 14.8 Å². The number of benzene rings is 2. The molecule has 3 aromatic rings. The molecule has 4 rings (SSSR count). The number of carbonyl (C=O) groups excluding carboxylic acids is 1. The summed E-state index contributed by atoms with van der Waals surface area (Å²) in [6.45, 7) is 2.51. The minimum Gasteiger partial charge on any atom is -0.475 e. The van der Waals surface area contributed by atoms with E-state index in [1.54, 1.807) is 31.3 Å². The summed E-state index contributed by atoms with van der Waals surface area (Å²) < 4.78 is 21.7. The van der Waals surface area contributed by atoms with Crippen molar-refractivity contribution in [3.05, 3.63) is 54.7 Å². The monoisotopic (exact) mass is 366 g/mol. The molecule has 27 heavy (non-hydrogen) atoms. The molecule has 0 radical (unpaired) electrons. The second kappa shape index (κ2) is 7.59. The summed E-state index contributed by atoms with van der Waals surface area (Å²) >= 11 is 0. The average Bonchev–Trinajstić information content (AvgIpc) is 3.52. The molecule has 1 aliphatic heterocycles. The van der Waals surface area contributed by atoms with Gasteiger partial charge >= 0.3 is 5.97 Å². The minimum atomic E-state index is -0.781. The summed E-state index contributed by atoms with van der Waals surface area (Å²) in [5, 5.41) is 0. The molecular formula is C20H18N2O5. The Morgan fingerprint density at radius 1 is 1.15 bits per heavy atom. The first-order chi connectivity index (χ1) is 13.2. The molecule has 0 amide bonds. The first-order valence-corrected chi connectivity index (χ1v) is 8.62. The van der Waals surface area contributed by atoms with Crippen molar-refractivity contribution >= 4 is 17.0 Å². The molecule has 1 fully saturated rings. The van der Waals surface area contributed by atoms with Crippen LogP contribution >= 0.6 is 0 Å². The van der Waals surface area contributed by atoms with Crippen LogP contribution in [0.3, 0.4) is 0 Å². The smallest absolute Gasteiger partial charge is 0.347 e. The number of nitrogens with zero attached hydrogens (tertiary/aromatic N) is 2. The summed E-state index contributed by atoms with van der Waals surface area (Å²) in [7, 11) is 0. The molecule has 1 saturated heterocycles. The van der Waals surface area contributed by atoms with Crippen molar-refractivity contribution in [2.24, 2.45) is 0 Å². The zero-order valence-electron chi connectivity index (χ0n) is 14.7. The maximum Gasteiger partial charge on any atom is 0.347 e. The van der Waals surface area contributed by atoms with Crippen LogP contribution in [0.15, 0.2) is 54.7 Å². The molecule has 0 N–H and O–H groups in total. The molecule has 0 spiro atoms. The number of hydrogen-bond donors (Lipinski definition) is 0. The lowest BCUT2D eigenvalue weighted by Crippen LogP contribution is -2.27. The Morgan fingerprint density at radius 2 is 1.85 bits per heavy atom. The van der Waals surface area contributed by atoms with Crippen molar-refractivity contribution in [1.82, 2.24) is 9.97 Å². The zero-order valence-corrected chi connectivity index (χ0v) is 14.7. The topological polar surface area (TPSA) is 83.1 Å². The lowest BCUT2D eigenvalue weighted by atomic mass is 10.3. The van der Waals surface area contributed by atoms with E-state index in [1.807, 2.05) is 30.3 Å². The first-order valence-electron chi connectivity index (χ1n) is 8.62. The molecule has 2 atom stereocenters. The third kappa shape index (κ3) is 4.32. The van der Waals surface area contributed by atoms with Crippen molar-refractivity contribution in [3.63, 3.8) is 0 Å². The van der Waals surface area contributed by atoms with E-state index < -0.39 is 12.1 Å². The minimum absolute atomic E-state index is 0.0169. The van der Waals surface area contributed by atoms with Gasteiger partial charge in [-0.15, -0.1) is 0 Å². The predicted molar refractivity (Wildman–Crippen MR) is 96.8 cm³/mol. The molecule has 7 nitrogen and oxygen atoms in total. The molecule has 0 saturated carbocycles. The standard InChI is InChI=1S/C20H18N2O5/c1-13(20(23)25-12-14-11-24-14)26-17-8-4-5-9-18(17)27-19-10-21-15-6-2-3-7-16(15)22-19/h2-10,13-14H,11-12H2,1H3. The van der Waals surface area contributed by atoms with Crippen LogP contribution in [0.4, 0.5) is 0 Å². The second-order valence-corrected chi connectivity index (χ2v) is 6.09. The van der Waals surface area contributed by atoms with Gasteiger partial charge in [0.1, 0.15) is 12.7 Å². The maximum atomic E-state index is 12.0. The fourth-order valence-corrected chi connectivity index (χ4v) is 2.43. The van der Waals surface area contributed by atoms with Gasteiger partial charge in [0.25, 0.3) is 0 Å². The van der Waals surface area contributed by atoms with Crippen molar-refractivity contribution in [1.29, 1.82) is 0 Å². The van der Waals surface area contributed by atoms with Gasteiger partial charge in [0, 0.05) is 0 Å². The fourth-order valence-electron chi connectivity index (χ4n) is 2.43. The van der Waals surface area contributed by atoms with Crippen LogP contribution < -0.4 is 9.47 Å². The molecule has 0 aliphatic carbocycles. The summed E-state index contributed by atoms with van der Waals surface area (Å²) in [6, 6.07) is 14.6. The summed E-state index contributed by atoms with van der Waals surface area (Å²) in [6.07, 6.45) is 0.784. The number of para-hydroxylation sites is 4. The van der Waals surface area contributed by atoms with Crippen LogP contribution in [0.5, 0.6) is 17.4 Å². The Bertz CT molecular complexity index is 958. The Hall–Kier alpha value is -3.19. The zero-order chi connectivity index (χ0) is 18.6. The van der Waals surface area contributed by atoms with E-state index in [0.29, 0.717) is 24.0 Å². The summed E-state index contributed by atoms with van der Waals surface area (Å²) in [5.74, 6) is 0.739. The highest BCUT2D eigenvalue weighted by Crippen LogP contribution is 2.31. The number of carbonyl (C=O) groups is 1. The van der Waals surface area contributed by atoms with E-state index in [0.717, 1.165) is 11.0 Å². The van der Waals surface area contributed by atoms with Crippen molar-refractivity contribution in [2.75, 3.05) is 13.2 Å². The highest BCUT2D eigenvalue weighted by atomic mass is 16.6. The van der Waals surface area contributed by atoms with E-state index in [4.69, 9.17) is 18.9 Å². The van der Waals surface area contributed by atoms with Crippen molar-refractivity contribution in [2.45, 2.75) is 19.1 Å². The summed E-state index contributed by atoms with van der Waals surface area (Å²) in [5.41, 5.74) is 1.51. The molecule has 138 valence electrons. The number of rotatable bonds is 7. The molecule has 2 heterocycles. The Labute approximate surface area is 155 Å². The molecular weight excluding hydrogens is 348 g/mol. The highest BCUT2D eigenvalue weighted by Gasteiger charge is 2.26. The maximum absolute atomic E-state index is 12.0. The third-order valence-electron chi connectivity index (χ3n) is 3.94. The molecule has 7 heteroatoms. The van der Waals surface area contributed by atoms with Gasteiger partial charge in [-0.1, -0.05) is 24.3 Å². The molecule has 2 unspecified atom stereocenters. The summed E-state index contributed by atoms with van der Waals surface area (Å²) in [4.78, 5) is 20.8. The third-order valence-corrected chi connectivity index (χ3v) is 3.94. The van der Waals surface area contributed by atoms with Gasteiger partial charge in [-0.2, -0.15) is 0 Å². The Kier molecular flexibility index (Phi) is 4.84. The number of hydrogen-bond acceptors (Lipinski definition) is 7. The van der Waals surface area contributed by atoms with Gasteiger partial charge in [0.15, 0.2) is 17.6 Å². The normalized spacial score (nSPS) is 16.6. The number of aromatic nitrogens is 2. The average molecular weight is 366 g/mol. The fraction of sp³-hybridized carbons (Fsp3) is 0.250. The Balaban J connectivity index is 1.47. The van der Waals surface area contributed by atoms with Crippen LogP contribution in [0.25, 0.3) is 11.0 Å². The van der Waals surface area contributed by atoms with E-state index in [9.17, 15) is 4.79 Å². The van der Waals surface area contributed by atoms with E-state index in [1.165, 1.54) is 0 Å². The van der Waals surface area contributed by atoms with Crippen molar-refractivity contribution in [3.8, 4) is 17.4 Å². The van der Waals surface area contributed by atoms with Gasteiger partial charge in [0.05, 0.1) is 23.8 Å². The molecule has 0 bridgehead atoms.